The van der Waals surface area contributed by atoms with Gasteiger partial charge in [-0.1, -0.05) is 30.3 Å². The summed E-state index contributed by atoms with van der Waals surface area (Å²) in [5, 5.41) is 0. The number of piperazine rings is 1. The molecule has 7 nitrogen and oxygen atoms in total. The summed E-state index contributed by atoms with van der Waals surface area (Å²) in [6, 6.07) is 9.26. The van der Waals surface area contributed by atoms with Crippen LogP contribution in [-0.2, 0) is 24.3 Å². The van der Waals surface area contributed by atoms with Crippen LogP contribution < -0.4 is 0 Å². The Labute approximate surface area is 141 Å². The zero-order valence-electron chi connectivity index (χ0n) is 13.4. The number of rotatable bonds is 5. The molecule has 1 fully saturated rings. The second-order valence-corrected chi connectivity index (χ2v) is 7.38. The van der Waals surface area contributed by atoms with Crippen LogP contribution in [0.2, 0.25) is 0 Å². The van der Waals surface area contributed by atoms with Crippen molar-refractivity contribution in [2.24, 2.45) is 0 Å². The third kappa shape index (κ3) is 5.47. The molecule has 2 rings (SSSR count). The van der Waals surface area contributed by atoms with Crippen molar-refractivity contribution in [3.8, 4) is 0 Å². The van der Waals surface area contributed by atoms with Gasteiger partial charge < -0.3 is 9.64 Å². The number of hydrogen-bond acceptors (Lipinski definition) is 5. The molecule has 8 heteroatoms. The van der Waals surface area contributed by atoms with Gasteiger partial charge in [0, 0.05) is 32.3 Å². The number of esters is 1. The number of carbonyl (C=O) groups is 2. The Hall–Kier alpha value is -2.19. The van der Waals surface area contributed by atoms with E-state index in [1.54, 1.807) is 6.08 Å². The zero-order chi connectivity index (χ0) is 17.6. The van der Waals surface area contributed by atoms with E-state index in [1.807, 2.05) is 30.3 Å². The van der Waals surface area contributed by atoms with Crippen LogP contribution in [0.25, 0.3) is 6.08 Å². The van der Waals surface area contributed by atoms with Crippen LogP contribution in [0, 0.1) is 0 Å². The number of sulfonamides is 1. The van der Waals surface area contributed by atoms with Crippen LogP contribution in [0.3, 0.4) is 0 Å². The smallest absolute Gasteiger partial charge is 0.331 e. The van der Waals surface area contributed by atoms with E-state index in [9.17, 15) is 18.0 Å². The molecule has 1 aliphatic rings. The largest absolute Gasteiger partial charge is 0.452 e. The zero-order valence-corrected chi connectivity index (χ0v) is 14.2. The van der Waals surface area contributed by atoms with E-state index in [0.717, 1.165) is 11.8 Å². The Bertz CT molecular complexity index is 707. The molecule has 0 unspecified atom stereocenters. The Morgan fingerprint density at radius 3 is 2.33 bits per heavy atom. The fourth-order valence-electron chi connectivity index (χ4n) is 2.27. The molecule has 0 radical (unpaired) electrons. The second-order valence-electron chi connectivity index (χ2n) is 5.39. The normalized spacial score (nSPS) is 16.3. The third-order valence-electron chi connectivity index (χ3n) is 3.61. The van der Waals surface area contributed by atoms with Crippen molar-refractivity contribution in [3.05, 3.63) is 42.0 Å². The predicted molar refractivity (Wildman–Crippen MR) is 89.4 cm³/mol. The van der Waals surface area contributed by atoms with Crippen molar-refractivity contribution in [3.63, 3.8) is 0 Å². The van der Waals surface area contributed by atoms with Gasteiger partial charge in [0.25, 0.3) is 5.91 Å². The molecule has 24 heavy (non-hydrogen) atoms. The lowest BCUT2D eigenvalue weighted by Crippen LogP contribution is -2.51. The maximum absolute atomic E-state index is 12.0. The summed E-state index contributed by atoms with van der Waals surface area (Å²) in [6.45, 7) is 0.752. The quantitative estimate of drug-likeness (QED) is 0.564. The van der Waals surface area contributed by atoms with E-state index >= 15 is 0 Å². The summed E-state index contributed by atoms with van der Waals surface area (Å²) in [4.78, 5) is 25.1. The molecule has 0 aliphatic carbocycles. The highest BCUT2D eigenvalue weighted by Gasteiger charge is 2.26. The summed E-state index contributed by atoms with van der Waals surface area (Å²) in [5.74, 6) is -0.924. The van der Waals surface area contributed by atoms with Crippen LogP contribution in [0.1, 0.15) is 5.56 Å². The van der Waals surface area contributed by atoms with Crippen molar-refractivity contribution >= 4 is 28.0 Å². The van der Waals surface area contributed by atoms with Gasteiger partial charge in [0.1, 0.15) is 0 Å². The average molecular weight is 352 g/mol. The van der Waals surface area contributed by atoms with Crippen LogP contribution in [0.15, 0.2) is 36.4 Å². The molecule has 1 saturated heterocycles. The van der Waals surface area contributed by atoms with Crippen LogP contribution in [-0.4, -0.2) is 68.5 Å². The lowest BCUT2D eigenvalue weighted by atomic mass is 10.2. The van der Waals surface area contributed by atoms with Crippen molar-refractivity contribution in [2.45, 2.75) is 0 Å². The molecule has 1 aromatic rings. The molecule has 130 valence electrons. The molecule has 0 aromatic heterocycles. The maximum atomic E-state index is 12.0. The topological polar surface area (TPSA) is 84.0 Å². The highest BCUT2D eigenvalue weighted by Crippen LogP contribution is 2.06. The first-order valence-electron chi connectivity index (χ1n) is 7.49. The number of nitrogens with zero attached hydrogens (tertiary/aromatic N) is 2. The maximum Gasteiger partial charge on any atom is 0.331 e. The number of ether oxygens (including phenoxy) is 1. The van der Waals surface area contributed by atoms with Crippen molar-refractivity contribution in [1.82, 2.24) is 9.21 Å². The van der Waals surface area contributed by atoms with E-state index in [-0.39, 0.29) is 25.6 Å². The summed E-state index contributed by atoms with van der Waals surface area (Å²) < 4.78 is 29.1. The van der Waals surface area contributed by atoms with Crippen molar-refractivity contribution in [1.29, 1.82) is 0 Å². The van der Waals surface area contributed by atoms with Gasteiger partial charge in [-0.3, -0.25) is 4.79 Å². The molecule has 0 N–H and O–H groups in total. The number of carbonyl (C=O) groups excluding carboxylic acids is 2. The van der Waals surface area contributed by atoms with E-state index < -0.39 is 16.0 Å². The van der Waals surface area contributed by atoms with Crippen LogP contribution in [0.5, 0.6) is 0 Å². The molecular weight excluding hydrogens is 332 g/mol. The van der Waals surface area contributed by atoms with Crippen LogP contribution in [0.4, 0.5) is 0 Å². The minimum atomic E-state index is -3.23. The van der Waals surface area contributed by atoms with E-state index in [4.69, 9.17) is 4.74 Å². The molecule has 1 amide bonds. The average Bonchev–Trinajstić information content (AvgIpc) is 2.58. The van der Waals surface area contributed by atoms with E-state index in [1.165, 1.54) is 15.3 Å². The van der Waals surface area contributed by atoms with Crippen LogP contribution >= 0.6 is 0 Å². The summed E-state index contributed by atoms with van der Waals surface area (Å²) in [6.07, 6.45) is 4.02. The van der Waals surface area contributed by atoms with Gasteiger partial charge in [-0.05, 0) is 11.6 Å². The number of benzene rings is 1. The molecule has 1 heterocycles. The van der Waals surface area contributed by atoms with E-state index in [0.29, 0.717) is 13.1 Å². The Morgan fingerprint density at radius 2 is 1.75 bits per heavy atom. The monoisotopic (exact) mass is 352 g/mol. The summed E-state index contributed by atoms with van der Waals surface area (Å²) >= 11 is 0. The molecule has 0 bridgehead atoms. The number of amides is 1. The minimum Gasteiger partial charge on any atom is -0.452 e. The SMILES string of the molecule is CS(=O)(=O)N1CCN(C(=O)COC(=O)/C=C/c2ccccc2)CC1. The summed E-state index contributed by atoms with van der Waals surface area (Å²) in [7, 11) is -3.23. The second kappa shape index (κ2) is 8.07. The van der Waals surface area contributed by atoms with E-state index in [2.05, 4.69) is 0 Å². The van der Waals surface area contributed by atoms with Gasteiger partial charge in [0.05, 0.1) is 6.26 Å². The molecule has 1 aromatic carbocycles. The minimum absolute atomic E-state index is 0.256. The molecule has 0 spiro atoms. The molecular formula is C16H20N2O5S. The Balaban J connectivity index is 1.75. The Morgan fingerprint density at radius 1 is 1.12 bits per heavy atom. The highest BCUT2D eigenvalue weighted by molar-refractivity contribution is 7.88. The first-order chi connectivity index (χ1) is 11.4. The first-order valence-corrected chi connectivity index (χ1v) is 9.34. The lowest BCUT2D eigenvalue weighted by molar-refractivity contribution is -0.148. The van der Waals surface area contributed by atoms with Gasteiger partial charge >= 0.3 is 5.97 Å². The molecule has 0 atom stereocenters. The van der Waals surface area contributed by atoms with Gasteiger partial charge in [-0.2, -0.15) is 4.31 Å². The van der Waals surface area contributed by atoms with Crippen molar-refractivity contribution < 1.29 is 22.7 Å². The molecule has 0 saturated carbocycles. The molecule has 1 aliphatic heterocycles. The summed E-state index contributed by atoms with van der Waals surface area (Å²) in [5.41, 5.74) is 0.859. The van der Waals surface area contributed by atoms with Gasteiger partial charge in [-0.15, -0.1) is 0 Å². The van der Waals surface area contributed by atoms with Gasteiger partial charge in [0.15, 0.2) is 6.61 Å². The Kier molecular flexibility index (Phi) is 6.10. The fraction of sp³-hybridized carbons (Fsp3) is 0.375. The predicted octanol–water partition coefficient (Wildman–Crippen LogP) is 0.347. The standard InChI is InChI=1S/C16H20N2O5S/c1-24(21,22)18-11-9-17(10-12-18)15(19)13-23-16(20)8-7-14-5-3-2-4-6-14/h2-8H,9-13H2,1H3/b8-7+. The third-order valence-corrected chi connectivity index (χ3v) is 4.91. The van der Waals surface area contributed by atoms with Gasteiger partial charge in [-0.25, -0.2) is 13.2 Å². The fourth-order valence-corrected chi connectivity index (χ4v) is 3.10. The number of hydrogen-bond donors (Lipinski definition) is 0. The van der Waals surface area contributed by atoms with Crippen molar-refractivity contribution in [2.75, 3.05) is 39.0 Å². The first kappa shape index (κ1) is 18.2. The highest BCUT2D eigenvalue weighted by atomic mass is 32.2. The van der Waals surface area contributed by atoms with Gasteiger partial charge in [0.2, 0.25) is 10.0 Å². The lowest BCUT2D eigenvalue weighted by Gasteiger charge is -2.33.